The van der Waals surface area contributed by atoms with Crippen LogP contribution in [0.25, 0.3) is 33.1 Å². The van der Waals surface area contributed by atoms with Crippen LogP contribution in [0.4, 0.5) is 14.6 Å². The maximum absolute atomic E-state index is 14.5. The van der Waals surface area contributed by atoms with Crippen LogP contribution in [-0.4, -0.2) is 17.0 Å². The highest BCUT2D eigenvalue weighted by molar-refractivity contribution is 5.91. The topological polar surface area (TPSA) is 29.0 Å². The molecule has 31 heavy (non-hydrogen) atoms. The molecule has 0 spiro atoms. The molecular formula is C26H19F2N3. The number of benzene rings is 4. The number of hydrogen-bond acceptors (Lipinski definition) is 3. The number of aromatic nitrogens is 2. The molecule has 0 bridgehead atoms. The molecule has 0 aliphatic rings. The molecule has 0 saturated heterocycles. The zero-order chi connectivity index (χ0) is 21.4. The van der Waals surface area contributed by atoms with Gasteiger partial charge in [-0.25, -0.2) is 18.7 Å². The number of anilines is 1. The van der Waals surface area contributed by atoms with Crippen molar-refractivity contribution in [2.75, 3.05) is 11.9 Å². The molecule has 1 heterocycles. The Hall–Kier alpha value is -3.86. The lowest BCUT2D eigenvalue weighted by atomic mass is 10.0. The van der Waals surface area contributed by atoms with Crippen LogP contribution in [-0.2, 0) is 6.54 Å². The van der Waals surface area contributed by atoms with Crippen molar-refractivity contribution < 1.29 is 8.78 Å². The Bertz CT molecular complexity index is 1410. The van der Waals surface area contributed by atoms with Gasteiger partial charge < -0.3 is 4.90 Å². The van der Waals surface area contributed by atoms with Crippen LogP contribution in [0.1, 0.15) is 5.56 Å². The number of para-hydroxylation sites is 1. The van der Waals surface area contributed by atoms with Crippen LogP contribution >= 0.6 is 0 Å². The molecule has 0 radical (unpaired) electrons. The van der Waals surface area contributed by atoms with Gasteiger partial charge in [0.15, 0.2) is 5.82 Å². The number of hydrogen-bond donors (Lipinski definition) is 0. The lowest BCUT2D eigenvalue weighted by Crippen LogP contribution is -2.19. The van der Waals surface area contributed by atoms with Crippen molar-refractivity contribution in [3.05, 3.63) is 102 Å². The van der Waals surface area contributed by atoms with E-state index in [-0.39, 0.29) is 11.4 Å². The van der Waals surface area contributed by atoms with Crippen LogP contribution in [0.2, 0.25) is 0 Å². The maximum Gasteiger partial charge on any atom is 0.165 e. The standard InChI is InChI=1S/C26H19F2N3/c1-31(16-18-9-6-8-17-7-2-3-10-20(17)18)26-22-11-4-5-12-24(22)29-25(30-26)21-14-13-19(27)15-23(21)28/h2-15H,16H2,1H3. The van der Waals surface area contributed by atoms with Gasteiger partial charge in [-0.2, -0.15) is 0 Å². The highest BCUT2D eigenvalue weighted by atomic mass is 19.1. The molecule has 5 heteroatoms. The summed E-state index contributed by atoms with van der Waals surface area (Å²) in [7, 11) is 1.96. The fourth-order valence-corrected chi connectivity index (χ4v) is 3.90. The fourth-order valence-electron chi connectivity index (χ4n) is 3.90. The van der Waals surface area contributed by atoms with Crippen LogP contribution in [0, 0.1) is 11.6 Å². The molecule has 0 aliphatic carbocycles. The molecule has 0 saturated carbocycles. The molecule has 0 aliphatic heterocycles. The summed E-state index contributed by atoms with van der Waals surface area (Å²) in [5.41, 5.74) is 2.04. The summed E-state index contributed by atoms with van der Waals surface area (Å²) in [6.07, 6.45) is 0. The van der Waals surface area contributed by atoms with Crippen molar-refractivity contribution in [1.29, 1.82) is 0 Å². The van der Waals surface area contributed by atoms with Gasteiger partial charge in [0.25, 0.3) is 0 Å². The predicted molar refractivity (Wildman–Crippen MR) is 121 cm³/mol. The van der Waals surface area contributed by atoms with E-state index in [1.54, 1.807) is 0 Å². The molecule has 0 atom stereocenters. The first-order chi connectivity index (χ1) is 15.1. The number of halogens is 2. The van der Waals surface area contributed by atoms with Gasteiger partial charge >= 0.3 is 0 Å². The minimum Gasteiger partial charge on any atom is -0.355 e. The van der Waals surface area contributed by atoms with Crippen LogP contribution in [0.15, 0.2) is 84.9 Å². The van der Waals surface area contributed by atoms with Crippen molar-refractivity contribution in [1.82, 2.24) is 9.97 Å². The van der Waals surface area contributed by atoms with Gasteiger partial charge in [-0.15, -0.1) is 0 Å². The van der Waals surface area contributed by atoms with E-state index in [1.807, 2.05) is 54.4 Å². The molecule has 0 amide bonds. The van der Waals surface area contributed by atoms with Crippen molar-refractivity contribution in [3.63, 3.8) is 0 Å². The quantitative estimate of drug-likeness (QED) is 0.344. The van der Waals surface area contributed by atoms with E-state index in [4.69, 9.17) is 4.98 Å². The Kier molecular flexibility index (Phi) is 4.79. The van der Waals surface area contributed by atoms with Gasteiger partial charge in [-0.3, -0.25) is 0 Å². The summed E-state index contributed by atoms with van der Waals surface area (Å²) >= 11 is 0. The first-order valence-corrected chi connectivity index (χ1v) is 10.00. The molecule has 0 fully saturated rings. The van der Waals surface area contributed by atoms with Crippen LogP contribution in [0.3, 0.4) is 0 Å². The lowest BCUT2D eigenvalue weighted by molar-refractivity contribution is 0.585. The Morgan fingerprint density at radius 3 is 2.35 bits per heavy atom. The van der Waals surface area contributed by atoms with Crippen molar-refractivity contribution in [2.45, 2.75) is 6.54 Å². The Morgan fingerprint density at radius 2 is 1.52 bits per heavy atom. The third-order valence-electron chi connectivity index (χ3n) is 5.40. The highest BCUT2D eigenvalue weighted by Gasteiger charge is 2.16. The lowest BCUT2D eigenvalue weighted by Gasteiger charge is -2.22. The van der Waals surface area contributed by atoms with E-state index in [1.165, 1.54) is 22.9 Å². The summed E-state index contributed by atoms with van der Waals surface area (Å²) in [5.74, 6) is -0.387. The SMILES string of the molecule is CN(Cc1cccc2ccccc12)c1nc(-c2ccc(F)cc2F)nc2ccccc12. The normalized spacial score (nSPS) is 11.2. The summed E-state index contributed by atoms with van der Waals surface area (Å²) < 4.78 is 27.9. The third kappa shape index (κ3) is 3.59. The summed E-state index contributed by atoms with van der Waals surface area (Å²) in [5, 5.41) is 3.23. The summed E-state index contributed by atoms with van der Waals surface area (Å²) in [6, 6.07) is 25.6. The monoisotopic (exact) mass is 411 g/mol. The van der Waals surface area contributed by atoms with Crippen LogP contribution < -0.4 is 4.90 Å². The van der Waals surface area contributed by atoms with E-state index in [0.717, 1.165) is 17.0 Å². The second kappa shape index (κ2) is 7.76. The largest absolute Gasteiger partial charge is 0.355 e. The molecule has 0 N–H and O–H groups in total. The fraction of sp³-hybridized carbons (Fsp3) is 0.0769. The number of rotatable bonds is 4. The van der Waals surface area contributed by atoms with Gasteiger partial charge in [-0.05, 0) is 40.6 Å². The predicted octanol–water partition coefficient (Wildman–Crippen LogP) is 6.36. The van der Waals surface area contributed by atoms with Gasteiger partial charge in [0.2, 0.25) is 0 Å². The minimum atomic E-state index is -0.682. The second-order valence-electron chi connectivity index (χ2n) is 7.51. The maximum atomic E-state index is 14.5. The zero-order valence-electron chi connectivity index (χ0n) is 16.9. The number of fused-ring (bicyclic) bond motifs is 2. The van der Waals surface area contributed by atoms with Crippen molar-refractivity contribution in [3.8, 4) is 11.4 Å². The molecule has 5 rings (SSSR count). The first-order valence-electron chi connectivity index (χ1n) is 10.00. The summed E-state index contributed by atoms with van der Waals surface area (Å²) in [4.78, 5) is 11.3. The first kappa shape index (κ1) is 19.1. The molecule has 152 valence electrons. The molecule has 0 unspecified atom stereocenters. The molecule has 3 nitrogen and oxygen atoms in total. The van der Waals surface area contributed by atoms with Gasteiger partial charge in [0.05, 0.1) is 11.1 Å². The summed E-state index contributed by atoms with van der Waals surface area (Å²) in [6.45, 7) is 0.619. The van der Waals surface area contributed by atoms with Gasteiger partial charge in [0.1, 0.15) is 17.5 Å². The minimum absolute atomic E-state index is 0.173. The van der Waals surface area contributed by atoms with Crippen molar-refractivity contribution in [2.24, 2.45) is 0 Å². The average Bonchev–Trinajstić information content (AvgIpc) is 2.78. The van der Waals surface area contributed by atoms with Crippen molar-refractivity contribution >= 4 is 27.5 Å². The Morgan fingerprint density at radius 1 is 0.774 bits per heavy atom. The smallest absolute Gasteiger partial charge is 0.165 e. The molecule has 5 aromatic rings. The van der Waals surface area contributed by atoms with Gasteiger partial charge in [0, 0.05) is 25.0 Å². The van der Waals surface area contributed by atoms with E-state index in [9.17, 15) is 8.78 Å². The van der Waals surface area contributed by atoms with E-state index in [0.29, 0.717) is 17.9 Å². The third-order valence-corrected chi connectivity index (χ3v) is 5.40. The van der Waals surface area contributed by atoms with Crippen LogP contribution in [0.5, 0.6) is 0 Å². The molecule has 4 aromatic carbocycles. The average molecular weight is 411 g/mol. The number of nitrogens with zero attached hydrogens (tertiary/aromatic N) is 3. The second-order valence-corrected chi connectivity index (χ2v) is 7.51. The van der Waals surface area contributed by atoms with E-state index >= 15 is 0 Å². The van der Waals surface area contributed by atoms with E-state index in [2.05, 4.69) is 29.2 Å². The van der Waals surface area contributed by atoms with E-state index < -0.39 is 11.6 Å². The highest BCUT2D eigenvalue weighted by Crippen LogP contribution is 2.30. The van der Waals surface area contributed by atoms with Gasteiger partial charge in [-0.1, -0.05) is 54.6 Å². The Labute approximate surface area is 178 Å². The Balaban J connectivity index is 1.63. The molecular weight excluding hydrogens is 392 g/mol. The zero-order valence-corrected chi connectivity index (χ0v) is 16.9. The molecule has 1 aromatic heterocycles.